The van der Waals surface area contributed by atoms with Crippen molar-refractivity contribution in [1.82, 2.24) is 10.2 Å². The van der Waals surface area contributed by atoms with E-state index in [0.717, 1.165) is 12.0 Å². The van der Waals surface area contributed by atoms with Gasteiger partial charge in [0.05, 0.1) is 29.8 Å². The average molecular weight is 683 g/mol. The first-order valence-corrected chi connectivity index (χ1v) is 15.9. The lowest BCUT2D eigenvalue weighted by Crippen LogP contribution is -2.29. The molecule has 0 saturated carbocycles. The number of benzene rings is 3. The highest BCUT2D eigenvalue weighted by Crippen LogP contribution is 2.47. The molecule has 222 valence electrons. The fourth-order valence-corrected chi connectivity index (χ4v) is 6.81. The minimum Gasteiger partial charge on any atom is -0.507 e. The number of carbonyl (C=O) groups is 2. The van der Waals surface area contributed by atoms with Crippen LogP contribution in [0.5, 0.6) is 17.2 Å². The van der Waals surface area contributed by atoms with Crippen molar-refractivity contribution in [3.8, 4) is 17.2 Å². The molecule has 3 aromatic carbocycles. The number of nitrogens with zero attached hydrogens (tertiary/aromatic N) is 3. The summed E-state index contributed by atoms with van der Waals surface area (Å²) in [7, 11) is 1.40. The molecule has 1 unspecified atom stereocenters. The maximum atomic E-state index is 13.6. The van der Waals surface area contributed by atoms with Gasteiger partial charge in [-0.2, -0.15) is 0 Å². The van der Waals surface area contributed by atoms with E-state index in [1.807, 2.05) is 38.1 Å². The molecule has 43 heavy (non-hydrogen) atoms. The monoisotopic (exact) mass is 681 g/mol. The number of hydrogen-bond acceptors (Lipinski definition) is 10. The van der Waals surface area contributed by atoms with Gasteiger partial charge in [0, 0.05) is 11.3 Å². The predicted octanol–water partition coefficient (Wildman–Crippen LogP) is 7.03. The SMILES string of the molecule is CCCOc1ccc(/C(O)=C2/C(=O)C(=O)N(c3nnc(SCc4ccc(C)cc4)s3)C2c2cc(Br)c(O)c(OC)c2)cc1. The Morgan fingerprint density at radius 3 is 2.49 bits per heavy atom. The highest BCUT2D eigenvalue weighted by molar-refractivity contribution is 9.10. The first kappa shape index (κ1) is 30.6. The number of methoxy groups -OCH3 is 1. The van der Waals surface area contributed by atoms with E-state index in [1.165, 1.54) is 46.7 Å². The van der Waals surface area contributed by atoms with Gasteiger partial charge in [-0.1, -0.05) is 59.9 Å². The Labute approximate surface area is 265 Å². The van der Waals surface area contributed by atoms with Gasteiger partial charge in [-0.15, -0.1) is 10.2 Å². The fourth-order valence-electron chi connectivity index (χ4n) is 4.52. The van der Waals surface area contributed by atoms with Crippen molar-refractivity contribution in [1.29, 1.82) is 0 Å². The van der Waals surface area contributed by atoms with Crippen molar-refractivity contribution in [2.24, 2.45) is 0 Å². The molecule has 0 spiro atoms. The zero-order chi connectivity index (χ0) is 30.7. The van der Waals surface area contributed by atoms with Crippen LogP contribution in [-0.2, 0) is 15.3 Å². The van der Waals surface area contributed by atoms with Crippen molar-refractivity contribution < 1.29 is 29.3 Å². The molecule has 0 radical (unpaired) electrons. The van der Waals surface area contributed by atoms with Crippen molar-refractivity contribution in [3.63, 3.8) is 0 Å². The molecule has 1 aliphatic rings. The Kier molecular flexibility index (Phi) is 9.38. The Bertz CT molecular complexity index is 1690. The van der Waals surface area contributed by atoms with E-state index >= 15 is 0 Å². The summed E-state index contributed by atoms with van der Waals surface area (Å²) >= 11 is 5.97. The second kappa shape index (κ2) is 13.2. The minimum atomic E-state index is -1.08. The molecule has 0 aliphatic carbocycles. The van der Waals surface area contributed by atoms with Gasteiger partial charge in [0.2, 0.25) is 5.13 Å². The number of Topliss-reactive ketones (excluding diaryl/α,β-unsaturated/α-hetero) is 1. The number of aromatic nitrogens is 2. The Morgan fingerprint density at radius 2 is 1.81 bits per heavy atom. The summed E-state index contributed by atoms with van der Waals surface area (Å²) in [5.74, 6) is -0.834. The quantitative estimate of drug-likeness (QED) is 0.0597. The molecule has 1 saturated heterocycles. The van der Waals surface area contributed by atoms with Crippen LogP contribution in [0, 0.1) is 6.92 Å². The number of halogens is 1. The summed E-state index contributed by atoms with van der Waals surface area (Å²) in [5.41, 5.74) is 2.90. The van der Waals surface area contributed by atoms with E-state index in [2.05, 4.69) is 26.1 Å². The normalized spacial score (nSPS) is 16.1. The van der Waals surface area contributed by atoms with Crippen LogP contribution in [0.2, 0.25) is 0 Å². The molecule has 1 aliphatic heterocycles. The van der Waals surface area contributed by atoms with Gasteiger partial charge in [0.1, 0.15) is 11.5 Å². The summed E-state index contributed by atoms with van der Waals surface area (Å²) in [6, 6.07) is 16.8. The number of ketones is 1. The molecule has 9 nitrogen and oxygen atoms in total. The third kappa shape index (κ3) is 6.41. The number of rotatable bonds is 10. The van der Waals surface area contributed by atoms with Crippen LogP contribution in [0.15, 0.2) is 75.0 Å². The highest BCUT2D eigenvalue weighted by atomic mass is 79.9. The summed E-state index contributed by atoms with van der Waals surface area (Å²) in [6.07, 6.45) is 0.842. The molecule has 12 heteroatoms. The zero-order valence-electron chi connectivity index (χ0n) is 23.5. The molecule has 0 bridgehead atoms. The summed E-state index contributed by atoms with van der Waals surface area (Å²) < 4.78 is 11.9. The van der Waals surface area contributed by atoms with Gasteiger partial charge in [-0.3, -0.25) is 14.5 Å². The van der Waals surface area contributed by atoms with Crippen LogP contribution in [0.4, 0.5) is 5.13 Å². The molecule has 2 N–H and O–H groups in total. The predicted molar refractivity (Wildman–Crippen MR) is 170 cm³/mol. The smallest absolute Gasteiger partial charge is 0.301 e. The molecule has 4 aromatic rings. The van der Waals surface area contributed by atoms with E-state index in [-0.39, 0.29) is 32.4 Å². The summed E-state index contributed by atoms with van der Waals surface area (Å²) in [5, 5.41) is 30.6. The molecule has 1 atom stereocenters. The average Bonchev–Trinajstić information content (AvgIpc) is 3.58. The Balaban J connectivity index is 1.56. The van der Waals surface area contributed by atoms with Gasteiger partial charge in [-0.05, 0) is 76.8 Å². The van der Waals surface area contributed by atoms with E-state index in [9.17, 15) is 19.8 Å². The van der Waals surface area contributed by atoms with Crippen molar-refractivity contribution in [2.75, 3.05) is 18.6 Å². The maximum absolute atomic E-state index is 13.6. The van der Waals surface area contributed by atoms with Crippen LogP contribution in [-0.4, -0.2) is 45.8 Å². The third-order valence-electron chi connectivity index (χ3n) is 6.72. The molecule has 1 fully saturated rings. The Hall–Kier alpha value is -3.87. The third-order valence-corrected chi connectivity index (χ3v) is 9.45. The number of carbonyl (C=O) groups excluding carboxylic acids is 2. The van der Waals surface area contributed by atoms with Crippen molar-refractivity contribution in [3.05, 3.63) is 93.0 Å². The lowest BCUT2D eigenvalue weighted by molar-refractivity contribution is -0.132. The number of ether oxygens (including phenoxy) is 2. The van der Waals surface area contributed by atoms with Crippen molar-refractivity contribution in [2.45, 2.75) is 36.4 Å². The first-order valence-electron chi connectivity index (χ1n) is 13.3. The van der Waals surface area contributed by atoms with Gasteiger partial charge in [-0.25, -0.2) is 0 Å². The molecule has 5 rings (SSSR count). The molecule has 1 amide bonds. The van der Waals surface area contributed by atoms with E-state index in [0.29, 0.717) is 33.6 Å². The Morgan fingerprint density at radius 1 is 1.09 bits per heavy atom. The topological polar surface area (TPSA) is 122 Å². The summed E-state index contributed by atoms with van der Waals surface area (Å²) in [4.78, 5) is 28.4. The van der Waals surface area contributed by atoms with Gasteiger partial charge in [0.15, 0.2) is 15.8 Å². The zero-order valence-corrected chi connectivity index (χ0v) is 26.8. The molecular formula is C31H28BrN3O6S2. The molecular weight excluding hydrogens is 654 g/mol. The number of aliphatic hydroxyl groups is 1. The first-order chi connectivity index (χ1) is 20.7. The van der Waals surface area contributed by atoms with Crippen LogP contribution in [0.1, 0.15) is 41.6 Å². The molecule has 1 aromatic heterocycles. The number of phenols is 1. The number of hydrogen-bond donors (Lipinski definition) is 2. The van der Waals surface area contributed by atoms with Gasteiger partial charge < -0.3 is 19.7 Å². The standard InChI is InChI=1S/C31H28BrN3O6S2/c1-4-13-41-21-11-9-19(10-12-21)26(36)24-25(20-14-22(32)27(37)23(15-20)40-3)35(29(39)28(24)38)30-33-34-31(43-30)42-16-18-7-5-17(2)6-8-18/h5-12,14-15,25,36-37H,4,13,16H2,1-3H3/b26-24-. The summed E-state index contributed by atoms with van der Waals surface area (Å²) in [6.45, 7) is 4.57. The number of aromatic hydroxyl groups is 1. The van der Waals surface area contributed by atoms with Crippen LogP contribution < -0.4 is 14.4 Å². The molecule has 2 heterocycles. The van der Waals surface area contributed by atoms with E-state index < -0.39 is 17.7 Å². The van der Waals surface area contributed by atoms with Gasteiger partial charge in [0.25, 0.3) is 5.78 Å². The fraction of sp³-hybridized carbons (Fsp3) is 0.226. The van der Waals surface area contributed by atoms with Gasteiger partial charge >= 0.3 is 5.91 Å². The number of phenolic OH excluding ortho intramolecular Hbond substituents is 1. The minimum absolute atomic E-state index is 0.124. The maximum Gasteiger partial charge on any atom is 0.301 e. The highest BCUT2D eigenvalue weighted by Gasteiger charge is 2.48. The van der Waals surface area contributed by atoms with Crippen LogP contribution in [0.3, 0.4) is 0 Å². The number of aliphatic hydroxyl groups excluding tert-OH is 1. The number of amides is 1. The lowest BCUT2D eigenvalue weighted by atomic mass is 9.95. The second-order valence-electron chi connectivity index (χ2n) is 9.72. The van der Waals surface area contributed by atoms with Crippen molar-refractivity contribution >= 4 is 61.6 Å². The number of anilines is 1. The second-order valence-corrected chi connectivity index (χ2v) is 12.8. The van der Waals surface area contributed by atoms with E-state index in [4.69, 9.17) is 9.47 Å². The largest absolute Gasteiger partial charge is 0.507 e. The van der Waals surface area contributed by atoms with E-state index in [1.54, 1.807) is 30.3 Å². The van der Waals surface area contributed by atoms with Crippen LogP contribution >= 0.6 is 39.0 Å². The lowest BCUT2D eigenvalue weighted by Gasteiger charge is -2.23. The number of aryl methyl sites for hydroxylation is 1. The van der Waals surface area contributed by atoms with Crippen LogP contribution in [0.25, 0.3) is 5.76 Å². The number of thioether (sulfide) groups is 1.